The van der Waals surface area contributed by atoms with Crippen LogP contribution in [-0.4, -0.2) is 30.7 Å². The van der Waals surface area contributed by atoms with Crippen molar-refractivity contribution in [1.82, 2.24) is 19.8 Å². The zero-order chi connectivity index (χ0) is 21.2. The van der Waals surface area contributed by atoms with E-state index in [2.05, 4.69) is 19.8 Å². The maximum Gasteiger partial charge on any atom is 0.245 e. The van der Waals surface area contributed by atoms with E-state index >= 15 is 0 Å². The Kier molecular flexibility index (Phi) is 5.99. The van der Waals surface area contributed by atoms with Gasteiger partial charge in [-0.15, -0.1) is 0 Å². The summed E-state index contributed by atoms with van der Waals surface area (Å²) in [6, 6.07) is 6.15. The van der Waals surface area contributed by atoms with Crippen LogP contribution < -0.4 is 9.46 Å². The van der Waals surface area contributed by atoms with Gasteiger partial charge in [0, 0.05) is 18.0 Å². The van der Waals surface area contributed by atoms with E-state index in [9.17, 15) is 8.42 Å². The molecule has 3 rings (SSSR count). The number of ether oxygens (including phenoxy) is 1. The molecule has 1 N–H and O–H groups in total. The number of nitrogens with one attached hydrogen (secondary N) is 1. The van der Waals surface area contributed by atoms with Crippen molar-refractivity contribution in [2.45, 2.75) is 38.6 Å². The highest BCUT2D eigenvalue weighted by Gasteiger charge is 2.30. The molecule has 0 aliphatic rings. The predicted octanol–water partition coefficient (Wildman–Crippen LogP) is 3.43. The average Bonchev–Trinajstić information content (AvgIpc) is 3.18. The van der Waals surface area contributed by atoms with Crippen molar-refractivity contribution in [3.63, 3.8) is 0 Å². The summed E-state index contributed by atoms with van der Waals surface area (Å²) in [6.45, 7) is 7.30. The lowest BCUT2D eigenvalue weighted by atomic mass is 10.1. The molecule has 29 heavy (non-hydrogen) atoms. The molecule has 0 bridgehead atoms. The number of aromatic nitrogens is 3. The number of rotatable bonds is 7. The van der Waals surface area contributed by atoms with E-state index in [4.69, 9.17) is 9.26 Å². The summed E-state index contributed by atoms with van der Waals surface area (Å²) in [5.41, 5.74) is 2.06. The topological polar surface area (TPSA) is 107 Å². The first-order valence-electron chi connectivity index (χ1n) is 9.14. The minimum atomic E-state index is -3.83. The Balaban J connectivity index is 1.93. The van der Waals surface area contributed by atoms with Gasteiger partial charge in [-0.25, -0.2) is 8.42 Å². The molecular formula is C20H24N4O4S. The maximum atomic E-state index is 13.1. The second-order valence-corrected chi connectivity index (χ2v) is 8.80. The molecule has 2 heterocycles. The second kappa shape index (κ2) is 8.30. The summed E-state index contributed by atoms with van der Waals surface area (Å²) in [5, 5.41) is 3.98. The summed E-state index contributed by atoms with van der Waals surface area (Å²) in [7, 11) is -2.28. The molecule has 0 aliphatic carbocycles. The first kappa shape index (κ1) is 20.9. The van der Waals surface area contributed by atoms with Gasteiger partial charge in [0.25, 0.3) is 0 Å². The molecule has 0 saturated heterocycles. The van der Waals surface area contributed by atoms with Crippen LogP contribution in [0.25, 0.3) is 11.4 Å². The van der Waals surface area contributed by atoms with E-state index < -0.39 is 16.1 Å². The minimum Gasteiger partial charge on any atom is -0.496 e. The lowest BCUT2D eigenvalue weighted by Crippen LogP contribution is -2.32. The first-order valence-corrected chi connectivity index (χ1v) is 10.6. The Morgan fingerprint density at radius 2 is 1.79 bits per heavy atom. The third kappa shape index (κ3) is 4.46. The van der Waals surface area contributed by atoms with Gasteiger partial charge in [-0.1, -0.05) is 19.0 Å². The number of nitrogens with zero attached hydrogens (tertiary/aromatic N) is 3. The van der Waals surface area contributed by atoms with Gasteiger partial charge in [0.15, 0.2) is 0 Å². The summed E-state index contributed by atoms with van der Waals surface area (Å²) in [5.74, 6) is 1.11. The lowest BCUT2D eigenvalue weighted by molar-refractivity contribution is 0.311. The highest BCUT2D eigenvalue weighted by atomic mass is 32.2. The Hall–Kier alpha value is -2.78. The molecule has 0 saturated carbocycles. The number of pyridine rings is 1. The fourth-order valence-electron chi connectivity index (χ4n) is 2.95. The molecule has 8 nitrogen and oxygen atoms in total. The summed E-state index contributed by atoms with van der Waals surface area (Å²) >= 11 is 0. The van der Waals surface area contributed by atoms with Crippen LogP contribution in [0.4, 0.5) is 0 Å². The molecule has 0 amide bonds. The van der Waals surface area contributed by atoms with Crippen LogP contribution in [0.3, 0.4) is 0 Å². The smallest absolute Gasteiger partial charge is 0.245 e. The second-order valence-electron chi connectivity index (χ2n) is 7.12. The largest absolute Gasteiger partial charge is 0.496 e. The molecule has 0 radical (unpaired) electrons. The van der Waals surface area contributed by atoms with Gasteiger partial charge in [-0.2, -0.15) is 9.71 Å². The number of aryl methyl sites for hydroxylation is 2. The number of hydrogen-bond donors (Lipinski definition) is 1. The zero-order valence-corrected chi connectivity index (χ0v) is 17.8. The maximum absolute atomic E-state index is 13.1. The highest BCUT2D eigenvalue weighted by molar-refractivity contribution is 7.89. The van der Waals surface area contributed by atoms with Gasteiger partial charge in [-0.05, 0) is 55.2 Å². The van der Waals surface area contributed by atoms with Crippen molar-refractivity contribution >= 4 is 10.0 Å². The molecule has 2 aromatic heterocycles. The van der Waals surface area contributed by atoms with Gasteiger partial charge in [0.05, 0.1) is 12.0 Å². The average molecular weight is 417 g/mol. The fraction of sp³-hybridized carbons (Fsp3) is 0.350. The van der Waals surface area contributed by atoms with Crippen LogP contribution in [-0.2, 0) is 10.0 Å². The number of hydrogen-bond acceptors (Lipinski definition) is 7. The van der Waals surface area contributed by atoms with Crippen LogP contribution in [0.2, 0.25) is 0 Å². The Bertz CT molecular complexity index is 1090. The molecule has 3 aromatic rings. The highest BCUT2D eigenvalue weighted by Crippen LogP contribution is 2.29. The van der Waals surface area contributed by atoms with E-state index in [0.29, 0.717) is 17.1 Å². The molecule has 154 valence electrons. The molecular weight excluding hydrogens is 392 g/mol. The Labute approximate surface area is 170 Å². The molecule has 0 fully saturated rings. The van der Waals surface area contributed by atoms with Gasteiger partial charge >= 0.3 is 0 Å². The first-order chi connectivity index (χ1) is 13.7. The summed E-state index contributed by atoms with van der Waals surface area (Å²) in [4.78, 5) is 8.55. The van der Waals surface area contributed by atoms with Crippen molar-refractivity contribution in [3.8, 4) is 17.1 Å². The molecule has 1 unspecified atom stereocenters. The summed E-state index contributed by atoms with van der Waals surface area (Å²) in [6.07, 6.45) is 3.26. The molecule has 0 spiro atoms. The molecule has 1 atom stereocenters. The minimum absolute atomic E-state index is 0.116. The van der Waals surface area contributed by atoms with Crippen LogP contribution in [0, 0.1) is 19.8 Å². The van der Waals surface area contributed by atoms with Gasteiger partial charge < -0.3 is 9.26 Å². The number of sulfonamides is 1. The van der Waals surface area contributed by atoms with Crippen LogP contribution in [0.1, 0.15) is 36.9 Å². The van der Waals surface area contributed by atoms with Crippen LogP contribution >= 0.6 is 0 Å². The van der Waals surface area contributed by atoms with E-state index in [1.54, 1.807) is 57.6 Å². The number of benzene rings is 1. The van der Waals surface area contributed by atoms with Gasteiger partial charge in [-0.3, -0.25) is 4.98 Å². The van der Waals surface area contributed by atoms with Crippen molar-refractivity contribution in [2.24, 2.45) is 5.92 Å². The summed E-state index contributed by atoms with van der Waals surface area (Å²) < 4.78 is 39.6. The van der Waals surface area contributed by atoms with Crippen LogP contribution in [0.5, 0.6) is 5.75 Å². The van der Waals surface area contributed by atoms with E-state index in [-0.39, 0.29) is 16.7 Å². The van der Waals surface area contributed by atoms with E-state index in [1.165, 1.54) is 0 Å². The molecule has 0 aliphatic heterocycles. The monoisotopic (exact) mass is 416 g/mol. The molecule has 9 heteroatoms. The van der Waals surface area contributed by atoms with Crippen molar-refractivity contribution < 1.29 is 17.7 Å². The lowest BCUT2D eigenvalue weighted by Gasteiger charge is -2.20. The predicted molar refractivity (Wildman–Crippen MR) is 108 cm³/mol. The van der Waals surface area contributed by atoms with E-state index in [1.807, 2.05) is 13.8 Å². The van der Waals surface area contributed by atoms with Crippen molar-refractivity contribution in [1.29, 1.82) is 0 Å². The fourth-order valence-corrected chi connectivity index (χ4v) is 4.60. The van der Waals surface area contributed by atoms with Crippen LogP contribution in [0.15, 0.2) is 46.1 Å². The number of methoxy groups -OCH3 is 1. The quantitative estimate of drug-likeness (QED) is 0.629. The zero-order valence-electron chi connectivity index (χ0n) is 17.0. The normalized spacial score (nSPS) is 12.9. The van der Waals surface area contributed by atoms with Gasteiger partial charge in [0.2, 0.25) is 21.7 Å². The third-order valence-electron chi connectivity index (χ3n) is 4.58. The van der Waals surface area contributed by atoms with Gasteiger partial charge in [0.1, 0.15) is 11.8 Å². The Morgan fingerprint density at radius 1 is 1.10 bits per heavy atom. The third-order valence-corrected chi connectivity index (χ3v) is 6.16. The molecule has 1 aromatic carbocycles. The standard InChI is InChI=1S/C20H24N4O4S/c1-12(2)18(20-22-19(23-28-20)15-6-8-21-9-7-15)24-29(25,26)17-11-13(3)16(27-5)10-14(17)4/h6-12,18,24H,1-5H3. The SMILES string of the molecule is COc1cc(C)c(S(=O)(=O)NC(c2nc(-c3ccncc3)no2)C(C)C)cc1C. The Morgan fingerprint density at radius 3 is 2.41 bits per heavy atom. The van der Waals surface area contributed by atoms with Crippen molar-refractivity contribution in [3.05, 3.63) is 53.7 Å². The van der Waals surface area contributed by atoms with E-state index in [0.717, 1.165) is 11.1 Å². The van der Waals surface area contributed by atoms with Crippen molar-refractivity contribution in [2.75, 3.05) is 7.11 Å².